The number of allylic oxidation sites excluding steroid dienone is 1. The molecule has 0 spiro atoms. The van der Waals surface area contributed by atoms with Crippen molar-refractivity contribution in [2.45, 2.75) is 39.5 Å². The van der Waals surface area contributed by atoms with E-state index < -0.39 is 0 Å². The Balaban J connectivity index is 1.96. The van der Waals surface area contributed by atoms with Crippen LogP contribution in [0.15, 0.2) is 35.9 Å². The van der Waals surface area contributed by atoms with E-state index in [1.807, 2.05) is 0 Å². The zero-order valence-electron chi connectivity index (χ0n) is 12.5. The SMILES string of the molecule is CC1=Cc2ccc3c(c2C(C)C1)Cc1cc(C)ccc1-3. The first-order chi connectivity index (χ1) is 9.63. The molecule has 20 heavy (non-hydrogen) atoms. The zero-order valence-corrected chi connectivity index (χ0v) is 12.5. The van der Waals surface area contributed by atoms with Crippen LogP contribution in [-0.2, 0) is 6.42 Å². The second-order valence-electron chi connectivity index (χ2n) is 6.53. The van der Waals surface area contributed by atoms with E-state index in [1.54, 1.807) is 11.1 Å². The third-order valence-corrected chi connectivity index (χ3v) is 4.83. The smallest absolute Gasteiger partial charge is 0.00103 e. The summed E-state index contributed by atoms with van der Waals surface area (Å²) in [6.07, 6.45) is 4.70. The van der Waals surface area contributed by atoms with Crippen molar-refractivity contribution in [1.29, 1.82) is 0 Å². The fourth-order valence-corrected chi connectivity index (χ4v) is 4.06. The van der Waals surface area contributed by atoms with Crippen LogP contribution in [0.4, 0.5) is 0 Å². The van der Waals surface area contributed by atoms with E-state index in [0.717, 1.165) is 6.42 Å². The number of aryl methyl sites for hydroxylation is 1. The number of fused-ring (bicyclic) bond motifs is 5. The molecule has 0 heteroatoms. The van der Waals surface area contributed by atoms with Crippen LogP contribution in [0.1, 0.15) is 54.0 Å². The summed E-state index contributed by atoms with van der Waals surface area (Å²) < 4.78 is 0. The number of benzene rings is 2. The van der Waals surface area contributed by atoms with E-state index in [0.29, 0.717) is 5.92 Å². The highest BCUT2D eigenvalue weighted by molar-refractivity contribution is 5.81. The van der Waals surface area contributed by atoms with Crippen molar-refractivity contribution < 1.29 is 0 Å². The Morgan fingerprint density at radius 1 is 1.00 bits per heavy atom. The van der Waals surface area contributed by atoms with E-state index in [4.69, 9.17) is 0 Å². The highest BCUT2D eigenvalue weighted by Gasteiger charge is 2.26. The quantitative estimate of drug-likeness (QED) is 0.502. The second kappa shape index (κ2) is 4.09. The molecule has 0 saturated carbocycles. The molecule has 0 aliphatic heterocycles. The standard InChI is InChI=1S/C20H20/c1-12-4-6-17-16(9-12)11-19-18(17)7-5-15-10-13(2)8-14(3)20(15)19/h4-7,9-10,14H,8,11H2,1-3H3. The molecule has 2 aliphatic carbocycles. The van der Waals surface area contributed by atoms with Gasteiger partial charge in [0.25, 0.3) is 0 Å². The lowest BCUT2D eigenvalue weighted by Gasteiger charge is -2.24. The maximum absolute atomic E-state index is 2.38. The fraction of sp³-hybridized carbons (Fsp3) is 0.300. The summed E-state index contributed by atoms with van der Waals surface area (Å²) in [7, 11) is 0. The molecule has 1 atom stereocenters. The Hall–Kier alpha value is -1.82. The van der Waals surface area contributed by atoms with Gasteiger partial charge in [0.05, 0.1) is 0 Å². The largest absolute Gasteiger partial charge is 0.0721 e. The average molecular weight is 260 g/mol. The van der Waals surface area contributed by atoms with E-state index in [2.05, 4.69) is 57.2 Å². The van der Waals surface area contributed by atoms with Gasteiger partial charge in [0.2, 0.25) is 0 Å². The van der Waals surface area contributed by atoms with Gasteiger partial charge in [0.1, 0.15) is 0 Å². The molecule has 0 amide bonds. The Morgan fingerprint density at radius 2 is 1.80 bits per heavy atom. The maximum atomic E-state index is 2.38. The minimum atomic E-state index is 0.653. The van der Waals surface area contributed by atoms with Crippen molar-refractivity contribution in [2.75, 3.05) is 0 Å². The minimum Gasteiger partial charge on any atom is -0.0721 e. The highest BCUT2D eigenvalue weighted by atomic mass is 14.3. The van der Waals surface area contributed by atoms with Crippen LogP contribution in [0.25, 0.3) is 17.2 Å². The molecule has 0 fully saturated rings. The summed E-state index contributed by atoms with van der Waals surface area (Å²) in [4.78, 5) is 0. The Kier molecular flexibility index (Phi) is 2.44. The van der Waals surface area contributed by atoms with Crippen molar-refractivity contribution in [3.05, 3.63) is 63.7 Å². The molecule has 2 aromatic rings. The molecule has 0 saturated heterocycles. The van der Waals surface area contributed by atoms with E-state index in [9.17, 15) is 0 Å². The summed E-state index contributed by atoms with van der Waals surface area (Å²) in [5, 5.41) is 0. The Morgan fingerprint density at radius 3 is 2.65 bits per heavy atom. The molecular weight excluding hydrogens is 240 g/mol. The molecular formula is C20H20. The lowest BCUT2D eigenvalue weighted by atomic mass is 9.80. The fourth-order valence-electron chi connectivity index (χ4n) is 4.06. The van der Waals surface area contributed by atoms with Crippen LogP contribution in [-0.4, -0.2) is 0 Å². The van der Waals surface area contributed by atoms with Crippen molar-refractivity contribution in [1.82, 2.24) is 0 Å². The van der Waals surface area contributed by atoms with Gasteiger partial charge in [-0.1, -0.05) is 54.5 Å². The van der Waals surface area contributed by atoms with E-state index in [-0.39, 0.29) is 0 Å². The van der Waals surface area contributed by atoms with Crippen LogP contribution < -0.4 is 0 Å². The van der Waals surface area contributed by atoms with Gasteiger partial charge in [0, 0.05) is 0 Å². The van der Waals surface area contributed by atoms with Gasteiger partial charge in [-0.25, -0.2) is 0 Å². The van der Waals surface area contributed by atoms with Crippen LogP contribution in [0.2, 0.25) is 0 Å². The predicted molar refractivity (Wildman–Crippen MR) is 86.1 cm³/mol. The maximum Gasteiger partial charge on any atom is -0.00103 e. The summed E-state index contributed by atoms with van der Waals surface area (Å²) in [5.41, 5.74) is 11.9. The highest BCUT2D eigenvalue weighted by Crippen LogP contribution is 2.45. The van der Waals surface area contributed by atoms with Crippen LogP contribution in [0.5, 0.6) is 0 Å². The van der Waals surface area contributed by atoms with Gasteiger partial charge in [0.15, 0.2) is 0 Å². The van der Waals surface area contributed by atoms with Gasteiger partial charge >= 0.3 is 0 Å². The van der Waals surface area contributed by atoms with Crippen LogP contribution >= 0.6 is 0 Å². The third kappa shape index (κ3) is 1.61. The normalized spacial score (nSPS) is 19.1. The molecule has 4 rings (SSSR count). The molecule has 100 valence electrons. The molecule has 0 N–H and O–H groups in total. The van der Waals surface area contributed by atoms with Gasteiger partial charge in [-0.3, -0.25) is 0 Å². The molecule has 2 aromatic carbocycles. The lowest BCUT2D eigenvalue weighted by Crippen LogP contribution is -2.06. The number of hydrogen-bond acceptors (Lipinski definition) is 0. The van der Waals surface area contributed by atoms with E-state index >= 15 is 0 Å². The van der Waals surface area contributed by atoms with Crippen LogP contribution in [0.3, 0.4) is 0 Å². The molecule has 1 unspecified atom stereocenters. The molecule has 2 aliphatic rings. The minimum absolute atomic E-state index is 0.653. The molecule has 0 heterocycles. The summed E-state index contributed by atoms with van der Waals surface area (Å²) in [6.45, 7) is 6.82. The summed E-state index contributed by atoms with van der Waals surface area (Å²) in [6, 6.07) is 11.5. The first-order valence-electron chi connectivity index (χ1n) is 7.56. The van der Waals surface area contributed by atoms with Crippen molar-refractivity contribution in [3.8, 4) is 11.1 Å². The zero-order chi connectivity index (χ0) is 13.9. The van der Waals surface area contributed by atoms with Gasteiger partial charge in [-0.05, 0) is 66.0 Å². The van der Waals surface area contributed by atoms with Crippen LogP contribution in [0, 0.1) is 6.92 Å². The first-order valence-corrected chi connectivity index (χ1v) is 7.56. The summed E-state index contributed by atoms with van der Waals surface area (Å²) >= 11 is 0. The van der Waals surface area contributed by atoms with Gasteiger partial charge < -0.3 is 0 Å². The molecule has 0 nitrogen and oxygen atoms in total. The predicted octanol–water partition coefficient (Wildman–Crippen LogP) is 5.48. The van der Waals surface area contributed by atoms with Crippen molar-refractivity contribution in [3.63, 3.8) is 0 Å². The lowest BCUT2D eigenvalue weighted by molar-refractivity contribution is 0.734. The summed E-state index contributed by atoms with van der Waals surface area (Å²) in [5.74, 6) is 0.653. The second-order valence-corrected chi connectivity index (χ2v) is 6.53. The number of rotatable bonds is 0. The molecule has 0 radical (unpaired) electrons. The van der Waals surface area contributed by atoms with Crippen molar-refractivity contribution in [2.24, 2.45) is 0 Å². The molecule has 0 bridgehead atoms. The van der Waals surface area contributed by atoms with Gasteiger partial charge in [-0.2, -0.15) is 0 Å². The monoisotopic (exact) mass is 260 g/mol. The van der Waals surface area contributed by atoms with Gasteiger partial charge in [-0.15, -0.1) is 0 Å². The molecule has 0 aromatic heterocycles. The topological polar surface area (TPSA) is 0 Å². The van der Waals surface area contributed by atoms with E-state index in [1.165, 1.54) is 39.8 Å². The number of hydrogen-bond donors (Lipinski definition) is 0. The Labute approximate surface area is 121 Å². The van der Waals surface area contributed by atoms with Crippen molar-refractivity contribution >= 4 is 6.08 Å². The Bertz CT molecular complexity index is 747. The average Bonchev–Trinajstić information content (AvgIpc) is 2.74. The third-order valence-electron chi connectivity index (χ3n) is 4.83. The first kappa shape index (κ1) is 12.0.